The van der Waals surface area contributed by atoms with Crippen LogP contribution in [-0.4, -0.2) is 27.7 Å². The normalized spacial score (nSPS) is 16.5. The highest BCUT2D eigenvalue weighted by atomic mass is 15.1. The lowest BCUT2D eigenvalue weighted by Crippen LogP contribution is -2.41. The van der Waals surface area contributed by atoms with E-state index in [9.17, 15) is 0 Å². The van der Waals surface area contributed by atoms with E-state index in [1.165, 1.54) is 6.42 Å². The topological polar surface area (TPSA) is 86.9 Å². The van der Waals surface area contributed by atoms with Crippen LogP contribution in [0.4, 0.5) is 5.95 Å². The first-order valence-electron chi connectivity index (χ1n) is 8.73. The Morgan fingerprint density at radius 2 is 2.15 bits per heavy atom. The lowest BCUT2D eigenvalue weighted by atomic mass is 9.66. The molecule has 26 heavy (non-hydrogen) atoms. The molecule has 0 spiro atoms. The molecule has 1 aliphatic rings. The van der Waals surface area contributed by atoms with Gasteiger partial charge in [0.05, 0.1) is 17.7 Å². The number of rotatable bonds is 7. The van der Waals surface area contributed by atoms with E-state index >= 15 is 0 Å². The van der Waals surface area contributed by atoms with E-state index < -0.39 is 0 Å². The highest BCUT2D eigenvalue weighted by molar-refractivity contribution is 5.74. The quantitative estimate of drug-likeness (QED) is 0.774. The molecular formula is C20H22N6. The molecule has 3 rings (SSSR count). The maximum Gasteiger partial charge on any atom is 0.222 e. The van der Waals surface area contributed by atoms with Gasteiger partial charge in [-0.1, -0.05) is 19.1 Å². The molecule has 132 valence electrons. The van der Waals surface area contributed by atoms with Crippen LogP contribution in [0.5, 0.6) is 0 Å². The summed E-state index contributed by atoms with van der Waals surface area (Å²) in [5.41, 5.74) is 2.48. The average Bonchev–Trinajstić information content (AvgIpc) is 2.66. The molecule has 1 atom stereocenters. The average molecular weight is 346 g/mol. The minimum Gasteiger partial charge on any atom is -0.353 e. The van der Waals surface area contributed by atoms with Gasteiger partial charge in [-0.05, 0) is 31.9 Å². The zero-order valence-electron chi connectivity index (χ0n) is 14.9. The van der Waals surface area contributed by atoms with Gasteiger partial charge >= 0.3 is 0 Å². The van der Waals surface area contributed by atoms with Gasteiger partial charge in [-0.2, -0.15) is 5.26 Å². The molecule has 0 bridgehead atoms. The molecule has 1 fully saturated rings. The number of nitrogens with one attached hydrogen (secondary N) is 1. The Labute approximate surface area is 153 Å². The zero-order chi connectivity index (χ0) is 18.4. The second-order valence-electron chi connectivity index (χ2n) is 6.64. The molecule has 1 aliphatic carbocycles. The minimum absolute atomic E-state index is 0.0740. The van der Waals surface area contributed by atoms with Gasteiger partial charge in [0, 0.05) is 48.0 Å². The summed E-state index contributed by atoms with van der Waals surface area (Å²) < 4.78 is 0. The predicted molar refractivity (Wildman–Crippen MR) is 103 cm³/mol. The van der Waals surface area contributed by atoms with E-state index in [2.05, 4.69) is 44.0 Å². The van der Waals surface area contributed by atoms with Crippen LogP contribution < -0.4 is 5.32 Å². The Bertz CT molecular complexity index is 816. The van der Waals surface area contributed by atoms with Crippen LogP contribution in [0.1, 0.15) is 37.4 Å². The van der Waals surface area contributed by atoms with Gasteiger partial charge in [-0.25, -0.2) is 9.97 Å². The van der Waals surface area contributed by atoms with Gasteiger partial charge in [0.25, 0.3) is 0 Å². The number of nitrogens with zero attached hydrogens (tertiary/aromatic N) is 5. The first-order valence-corrected chi connectivity index (χ1v) is 8.73. The van der Waals surface area contributed by atoms with Crippen LogP contribution >= 0.6 is 0 Å². The maximum atomic E-state index is 8.78. The summed E-state index contributed by atoms with van der Waals surface area (Å²) in [6, 6.07) is 8.17. The number of hydrogen-bond acceptors (Lipinski definition) is 6. The first-order chi connectivity index (χ1) is 12.6. The second kappa shape index (κ2) is 7.87. The highest BCUT2D eigenvalue weighted by Gasteiger charge is 2.39. The lowest BCUT2D eigenvalue weighted by molar-refractivity contribution is 0.252. The Morgan fingerprint density at radius 1 is 1.38 bits per heavy atom. The first kappa shape index (κ1) is 17.7. The van der Waals surface area contributed by atoms with Crippen LogP contribution in [0, 0.1) is 17.2 Å². The fourth-order valence-corrected chi connectivity index (χ4v) is 2.93. The molecule has 0 aliphatic heterocycles. The number of aliphatic imine (C=N–C) groups is 1. The second-order valence-corrected chi connectivity index (χ2v) is 6.64. The fraction of sp³-hybridized carbons (Fsp3) is 0.350. The van der Waals surface area contributed by atoms with E-state index in [1.54, 1.807) is 25.5 Å². The van der Waals surface area contributed by atoms with E-state index in [1.807, 2.05) is 18.3 Å². The molecule has 2 heterocycles. The molecule has 2 aromatic rings. The summed E-state index contributed by atoms with van der Waals surface area (Å²) in [4.78, 5) is 17.4. The molecule has 1 unspecified atom stereocenters. The maximum absolute atomic E-state index is 8.78. The number of aromatic nitrogens is 3. The third-order valence-electron chi connectivity index (χ3n) is 4.75. The van der Waals surface area contributed by atoms with Crippen LogP contribution in [0.3, 0.4) is 0 Å². The third kappa shape index (κ3) is 3.94. The zero-order valence-corrected chi connectivity index (χ0v) is 14.9. The molecule has 6 heteroatoms. The molecule has 1 N–H and O–H groups in total. The van der Waals surface area contributed by atoms with E-state index in [4.69, 9.17) is 5.26 Å². The SMILES string of the molecule is C=C(N=CC(C)C#N)c1cnc(NCC2(c3ccccn3)CCC2)nc1. The van der Waals surface area contributed by atoms with Crippen LogP contribution in [0.2, 0.25) is 0 Å². The Hall–Kier alpha value is -3.07. The lowest BCUT2D eigenvalue weighted by Gasteiger charge is -2.41. The summed E-state index contributed by atoms with van der Waals surface area (Å²) >= 11 is 0. The van der Waals surface area contributed by atoms with Crippen molar-refractivity contribution in [1.82, 2.24) is 15.0 Å². The van der Waals surface area contributed by atoms with Crippen LogP contribution in [0.15, 0.2) is 48.4 Å². The number of nitriles is 1. The Balaban J connectivity index is 1.62. The Morgan fingerprint density at radius 3 is 2.73 bits per heavy atom. The molecule has 1 saturated carbocycles. The summed E-state index contributed by atoms with van der Waals surface area (Å²) in [6.07, 6.45) is 10.3. The monoisotopic (exact) mass is 346 g/mol. The number of anilines is 1. The van der Waals surface area contributed by atoms with Crippen LogP contribution in [0.25, 0.3) is 5.70 Å². The summed E-state index contributed by atoms with van der Waals surface area (Å²) in [6.45, 7) is 6.43. The molecular weight excluding hydrogens is 324 g/mol. The minimum atomic E-state index is -0.251. The molecule has 6 nitrogen and oxygen atoms in total. The van der Waals surface area contributed by atoms with Crippen molar-refractivity contribution in [3.05, 3.63) is 54.6 Å². The van der Waals surface area contributed by atoms with Crippen LogP contribution in [-0.2, 0) is 5.41 Å². The summed E-state index contributed by atoms with van der Waals surface area (Å²) in [5.74, 6) is 0.331. The number of hydrogen-bond donors (Lipinski definition) is 1. The third-order valence-corrected chi connectivity index (χ3v) is 4.75. The van der Waals surface area contributed by atoms with Gasteiger partial charge in [-0.3, -0.25) is 9.98 Å². The largest absolute Gasteiger partial charge is 0.353 e. The molecule has 0 saturated heterocycles. The van der Waals surface area contributed by atoms with Crippen molar-refractivity contribution in [3.63, 3.8) is 0 Å². The smallest absolute Gasteiger partial charge is 0.222 e. The van der Waals surface area contributed by atoms with Gasteiger partial charge in [0.1, 0.15) is 0 Å². The fourth-order valence-electron chi connectivity index (χ4n) is 2.93. The van der Waals surface area contributed by atoms with Crippen molar-refractivity contribution in [3.8, 4) is 6.07 Å². The standard InChI is InChI=1S/C20H22N6/c1-15(10-21)11-23-16(2)17-12-24-19(25-13-17)26-14-20(7-5-8-20)18-6-3-4-9-22-18/h3-4,6,9,11-13,15H,2,5,7-8,14H2,1H3,(H,24,25,26). The molecule has 0 radical (unpaired) electrons. The van der Waals surface area contributed by atoms with Gasteiger partial charge in [-0.15, -0.1) is 0 Å². The van der Waals surface area contributed by atoms with Gasteiger partial charge in [0.2, 0.25) is 5.95 Å². The van der Waals surface area contributed by atoms with Crippen molar-refractivity contribution >= 4 is 17.9 Å². The molecule has 2 aromatic heterocycles. The van der Waals surface area contributed by atoms with E-state index in [0.717, 1.165) is 30.6 Å². The summed E-state index contributed by atoms with van der Waals surface area (Å²) in [5, 5.41) is 12.1. The van der Waals surface area contributed by atoms with Gasteiger partial charge < -0.3 is 5.32 Å². The van der Waals surface area contributed by atoms with Crippen molar-refractivity contribution in [2.75, 3.05) is 11.9 Å². The molecule has 0 aromatic carbocycles. The summed E-state index contributed by atoms with van der Waals surface area (Å²) in [7, 11) is 0. The van der Waals surface area contributed by atoms with E-state index in [-0.39, 0.29) is 11.3 Å². The Kier molecular flexibility index (Phi) is 5.37. The number of pyridine rings is 1. The molecule has 0 amide bonds. The van der Waals surface area contributed by atoms with E-state index in [0.29, 0.717) is 11.6 Å². The predicted octanol–water partition coefficient (Wildman–Crippen LogP) is 3.61. The van der Waals surface area contributed by atoms with Crippen molar-refractivity contribution in [1.29, 1.82) is 5.26 Å². The van der Waals surface area contributed by atoms with Gasteiger partial charge in [0.15, 0.2) is 0 Å². The highest BCUT2D eigenvalue weighted by Crippen LogP contribution is 2.42. The van der Waals surface area contributed by atoms with Crippen molar-refractivity contribution in [2.24, 2.45) is 10.9 Å². The van der Waals surface area contributed by atoms with Crippen molar-refractivity contribution in [2.45, 2.75) is 31.6 Å². The van der Waals surface area contributed by atoms with Crippen molar-refractivity contribution < 1.29 is 0 Å².